The van der Waals surface area contributed by atoms with Gasteiger partial charge in [-0.1, -0.05) is 29.8 Å². The second-order valence-electron chi connectivity index (χ2n) is 5.61. The topological polar surface area (TPSA) is 46.6 Å². The maximum Gasteiger partial charge on any atom is 0.340 e. The maximum atomic E-state index is 13.0. The number of carbonyl (C=O) groups excluding carboxylic acids is 2. The van der Waals surface area contributed by atoms with E-state index in [2.05, 4.69) is 0 Å². The van der Waals surface area contributed by atoms with Gasteiger partial charge in [-0.3, -0.25) is 4.79 Å². The SMILES string of the molecule is CCOC(=O)c1ccccc1N(CC)C(=O)c1ccc(C)cc1C. The number of ether oxygens (including phenoxy) is 1. The quantitative estimate of drug-likeness (QED) is 0.776. The van der Waals surface area contributed by atoms with E-state index in [1.165, 1.54) is 0 Å². The van der Waals surface area contributed by atoms with Gasteiger partial charge in [0.25, 0.3) is 5.91 Å². The van der Waals surface area contributed by atoms with Gasteiger partial charge in [-0.25, -0.2) is 4.79 Å². The van der Waals surface area contributed by atoms with Crippen LogP contribution in [0.1, 0.15) is 45.7 Å². The lowest BCUT2D eigenvalue weighted by Gasteiger charge is -2.24. The molecule has 0 aliphatic rings. The summed E-state index contributed by atoms with van der Waals surface area (Å²) in [5.41, 5.74) is 3.65. The summed E-state index contributed by atoms with van der Waals surface area (Å²) in [4.78, 5) is 26.8. The minimum Gasteiger partial charge on any atom is -0.462 e. The zero-order chi connectivity index (χ0) is 17.7. The van der Waals surface area contributed by atoms with Gasteiger partial charge in [-0.15, -0.1) is 0 Å². The van der Waals surface area contributed by atoms with Crippen LogP contribution in [0.5, 0.6) is 0 Å². The molecule has 0 aliphatic carbocycles. The van der Waals surface area contributed by atoms with Crippen LogP contribution in [0, 0.1) is 13.8 Å². The summed E-state index contributed by atoms with van der Waals surface area (Å²) < 4.78 is 5.11. The number of amides is 1. The first-order valence-corrected chi connectivity index (χ1v) is 8.14. The molecule has 4 heteroatoms. The van der Waals surface area contributed by atoms with Crippen molar-refractivity contribution >= 4 is 17.6 Å². The molecule has 0 aliphatic heterocycles. The molecule has 2 aromatic carbocycles. The lowest BCUT2D eigenvalue weighted by Crippen LogP contribution is -2.32. The summed E-state index contributed by atoms with van der Waals surface area (Å²) in [5.74, 6) is -0.535. The van der Waals surface area contributed by atoms with E-state index in [9.17, 15) is 9.59 Å². The van der Waals surface area contributed by atoms with Gasteiger partial charge in [-0.05, 0) is 51.5 Å². The molecule has 0 N–H and O–H groups in total. The maximum absolute atomic E-state index is 13.0. The Morgan fingerprint density at radius 3 is 2.33 bits per heavy atom. The van der Waals surface area contributed by atoms with E-state index in [-0.39, 0.29) is 5.91 Å². The molecule has 0 bridgehead atoms. The molecular formula is C20H23NO3. The molecule has 0 saturated carbocycles. The zero-order valence-electron chi connectivity index (χ0n) is 14.6. The number of benzene rings is 2. The van der Waals surface area contributed by atoms with Crippen LogP contribution in [0.3, 0.4) is 0 Å². The van der Waals surface area contributed by atoms with Crippen LogP contribution in [0.25, 0.3) is 0 Å². The average Bonchev–Trinajstić information content (AvgIpc) is 2.56. The summed E-state index contributed by atoms with van der Waals surface area (Å²) in [6, 6.07) is 12.8. The Balaban J connectivity index is 2.45. The van der Waals surface area contributed by atoms with E-state index in [0.717, 1.165) is 11.1 Å². The molecule has 0 radical (unpaired) electrons. The summed E-state index contributed by atoms with van der Waals surface area (Å²) in [5, 5.41) is 0. The van der Waals surface area contributed by atoms with E-state index in [1.54, 1.807) is 30.0 Å². The number of nitrogens with zero attached hydrogens (tertiary/aromatic N) is 1. The predicted octanol–water partition coefficient (Wildman–Crippen LogP) is 4.15. The smallest absolute Gasteiger partial charge is 0.340 e. The Bertz CT molecular complexity index is 752. The van der Waals surface area contributed by atoms with Crippen LogP contribution in [0.15, 0.2) is 42.5 Å². The molecule has 1 amide bonds. The number of para-hydroxylation sites is 1. The lowest BCUT2D eigenvalue weighted by atomic mass is 10.0. The van der Waals surface area contributed by atoms with Gasteiger partial charge in [0.05, 0.1) is 17.9 Å². The minimum atomic E-state index is -0.417. The van der Waals surface area contributed by atoms with Crippen molar-refractivity contribution in [1.82, 2.24) is 0 Å². The fourth-order valence-electron chi connectivity index (χ4n) is 2.71. The second-order valence-corrected chi connectivity index (χ2v) is 5.61. The molecule has 0 aromatic heterocycles. The van der Waals surface area contributed by atoms with Gasteiger partial charge in [0.1, 0.15) is 0 Å². The van der Waals surface area contributed by atoms with Crippen LogP contribution in [0.2, 0.25) is 0 Å². The Hall–Kier alpha value is -2.62. The lowest BCUT2D eigenvalue weighted by molar-refractivity contribution is 0.0527. The number of rotatable bonds is 5. The van der Waals surface area contributed by atoms with Gasteiger partial charge >= 0.3 is 5.97 Å². The van der Waals surface area contributed by atoms with Crippen LogP contribution in [0.4, 0.5) is 5.69 Å². The van der Waals surface area contributed by atoms with Crippen molar-refractivity contribution in [1.29, 1.82) is 0 Å². The highest BCUT2D eigenvalue weighted by molar-refractivity contribution is 6.10. The van der Waals surface area contributed by atoms with Gasteiger partial charge in [0.15, 0.2) is 0 Å². The molecule has 0 unspecified atom stereocenters. The van der Waals surface area contributed by atoms with Crippen molar-refractivity contribution in [2.24, 2.45) is 0 Å². The second kappa shape index (κ2) is 7.77. The number of hydrogen-bond acceptors (Lipinski definition) is 3. The number of carbonyl (C=O) groups is 2. The summed E-state index contributed by atoms with van der Waals surface area (Å²) in [6.45, 7) is 8.33. The average molecular weight is 325 g/mol. The fraction of sp³-hybridized carbons (Fsp3) is 0.300. The van der Waals surface area contributed by atoms with Gasteiger partial charge in [-0.2, -0.15) is 0 Å². The highest BCUT2D eigenvalue weighted by atomic mass is 16.5. The molecule has 0 spiro atoms. The molecule has 2 aromatic rings. The molecule has 24 heavy (non-hydrogen) atoms. The third-order valence-electron chi connectivity index (χ3n) is 3.86. The number of esters is 1. The Morgan fingerprint density at radius 2 is 1.71 bits per heavy atom. The van der Waals surface area contributed by atoms with E-state index in [0.29, 0.717) is 30.0 Å². The van der Waals surface area contributed by atoms with Crippen molar-refractivity contribution < 1.29 is 14.3 Å². The zero-order valence-corrected chi connectivity index (χ0v) is 14.6. The Kier molecular flexibility index (Phi) is 5.74. The normalized spacial score (nSPS) is 10.3. The van der Waals surface area contributed by atoms with Crippen LogP contribution in [-0.4, -0.2) is 25.0 Å². The molecule has 126 valence electrons. The molecule has 0 atom stereocenters. The van der Waals surface area contributed by atoms with Gasteiger partial charge < -0.3 is 9.64 Å². The summed E-state index contributed by atoms with van der Waals surface area (Å²) in [6.07, 6.45) is 0. The number of anilines is 1. The Morgan fingerprint density at radius 1 is 1.00 bits per heavy atom. The van der Waals surface area contributed by atoms with Crippen molar-refractivity contribution in [3.8, 4) is 0 Å². The molecule has 0 saturated heterocycles. The molecule has 4 nitrogen and oxygen atoms in total. The van der Waals surface area contributed by atoms with Crippen molar-refractivity contribution in [3.05, 3.63) is 64.7 Å². The van der Waals surface area contributed by atoms with Crippen LogP contribution < -0.4 is 4.90 Å². The molecular weight excluding hydrogens is 302 g/mol. The largest absolute Gasteiger partial charge is 0.462 e. The van der Waals surface area contributed by atoms with Crippen molar-refractivity contribution in [3.63, 3.8) is 0 Å². The number of aryl methyl sites for hydroxylation is 2. The van der Waals surface area contributed by atoms with E-state index < -0.39 is 5.97 Å². The fourth-order valence-corrected chi connectivity index (χ4v) is 2.71. The van der Waals surface area contributed by atoms with E-state index in [1.807, 2.05) is 45.0 Å². The first-order valence-electron chi connectivity index (χ1n) is 8.14. The summed E-state index contributed by atoms with van der Waals surface area (Å²) in [7, 11) is 0. The molecule has 2 rings (SSSR count). The van der Waals surface area contributed by atoms with Crippen molar-refractivity contribution in [2.75, 3.05) is 18.1 Å². The first kappa shape index (κ1) is 17.7. The minimum absolute atomic E-state index is 0.119. The third-order valence-corrected chi connectivity index (χ3v) is 3.86. The standard InChI is InChI=1S/C20H23NO3/c1-5-21(19(22)16-12-11-14(3)13-15(16)4)18-10-8-7-9-17(18)20(23)24-6-2/h7-13H,5-6H2,1-4H3. The number of hydrogen-bond donors (Lipinski definition) is 0. The monoisotopic (exact) mass is 325 g/mol. The van der Waals surface area contributed by atoms with Crippen molar-refractivity contribution in [2.45, 2.75) is 27.7 Å². The highest BCUT2D eigenvalue weighted by Crippen LogP contribution is 2.24. The van der Waals surface area contributed by atoms with Crippen LogP contribution in [-0.2, 0) is 4.74 Å². The third kappa shape index (κ3) is 3.65. The Labute approximate surface area is 143 Å². The summed E-state index contributed by atoms with van der Waals surface area (Å²) >= 11 is 0. The highest BCUT2D eigenvalue weighted by Gasteiger charge is 2.23. The van der Waals surface area contributed by atoms with E-state index >= 15 is 0 Å². The van der Waals surface area contributed by atoms with Gasteiger partial charge in [0, 0.05) is 12.1 Å². The molecule has 0 fully saturated rings. The van der Waals surface area contributed by atoms with E-state index in [4.69, 9.17) is 4.74 Å². The predicted molar refractivity (Wildman–Crippen MR) is 95.7 cm³/mol. The molecule has 0 heterocycles. The van der Waals surface area contributed by atoms with Gasteiger partial charge in [0.2, 0.25) is 0 Å². The van der Waals surface area contributed by atoms with Crippen LogP contribution >= 0.6 is 0 Å². The first-order chi connectivity index (χ1) is 11.5.